The van der Waals surface area contributed by atoms with Crippen molar-refractivity contribution in [3.63, 3.8) is 0 Å². The largest absolute Gasteiger partial charge is 0.339 e. The zero-order valence-electron chi connectivity index (χ0n) is 10.2. The number of rotatable bonds is 2. The maximum atomic E-state index is 12.3. The Hall–Kier alpha value is -0.530. The minimum Gasteiger partial charge on any atom is -0.339 e. The highest BCUT2D eigenvalue weighted by atomic mass is 32.2. The Labute approximate surface area is 106 Å². The highest BCUT2D eigenvalue weighted by molar-refractivity contribution is 8.00. The molecule has 1 saturated heterocycles. The number of sulfonamides is 1. The predicted molar refractivity (Wildman–Crippen MR) is 68.5 cm³/mol. The van der Waals surface area contributed by atoms with Gasteiger partial charge in [-0.1, -0.05) is 13.8 Å². The molecule has 0 amide bonds. The standard InChI is InChI=1S/C10H17N3O2S2/c1-8-4-13(5-9(2)16-8)17(14,15)10-6-12(3)7-11-10/h6-9H,4-5H2,1-3H3. The Morgan fingerprint density at radius 3 is 2.41 bits per heavy atom. The summed E-state index contributed by atoms with van der Waals surface area (Å²) in [4.78, 5) is 3.94. The third kappa shape index (κ3) is 2.66. The van der Waals surface area contributed by atoms with Crippen LogP contribution in [0.2, 0.25) is 0 Å². The second-order valence-corrected chi connectivity index (χ2v) is 8.22. The molecule has 7 heteroatoms. The van der Waals surface area contributed by atoms with Crippen LogP contribution in [-0.2, 0) is 17.1 Å². The number of aryl methyl sites for hydroxylation is 1. The summed E-state index contributed by atoms with van der Waals surface area (Å²) in [7, 11) is -1.65. The summed E-state index contributed by atoms with van der Waals surface area (Å²) in [6.45, 7) is 5.24. The second kappa shape index (κ2) is 4.62. The molecular weight excluding hydrogens is 258 g/mol. The van der Waals surface area contributed by atoms with E-state index in [2.05, 4.69) is 18.8 Å². The van der Waals surface area contributed by atoms with Gasteiger partial charge in [0.05, 0.1) is 6.33 Å². The SMILES string of the molecule is CC1CN(S(=O)(=O)c2cn(C)cn2)CC(C)S1. The van der Waals surface area contributed by atoms with E-state index in [0.717, 1.165) is 0 Å². The lowest BCUT2D eigenvalue weighted by Gasteiger charge is -2.33. The van der Waals surface area contributed by atoms with Crippen molar-refractivity contribution in [3.05, 3.63) is 12.5 Å². The molecule has 17 heavy (non-hydrogen) atoms. The molecule has 1 aromatic rings. The van der Waals surface area contributed by atoms with Gasteiger partial charge in [0.1, 0.15) is 0 Å². The zero-order valence-corrected chi connectivity index (χ0v) is 11.8. The zero-order chi connectivity index (χ0) is 12.6. The van der Waals surface area contributed by atoms with Gasteiger partial charge >= 0.3 is 0 Å². The van der Waals surface area contributed by atoms with Crippen molar-refractivity contribution in [3.8, 4) is 0 Å². The van der Waals surface area contributed by atoms with Gasteiger partial charge in [-0.3, -0.25) is 0 Å². The van der Waals surface area contributed by atoms with Crippen LogP contribution in [0.4, 0.5) is 0 Å². The van der Waals surface area contributed by atoms with Crippen LogP contribution in [0.15, 0.2) is 17.6 Å². The molecule has 1 aromatic heterocycles. The highest BCUT2D eigenvalue weighted by Crippen LogP contribution is 2.28. The Balaban J connectivity index is 2.26. The van der Waals surface area contributed by atoms with Crippen LogP contribution in [0.25, 0.3) is 0 Å². The predicted octanol–water partition coefficient (Wildman–Crippen LogP) is 0.935. The topological polar surface area (TPSA) is 55.2 Å². The molecule has 1 aliphatic rings. The first-order chi connectivity index (χ1) is 7.89. The first kappa shape index (κ1) is 12.9. The monoisotopic (exact) mass is 275 g/mol. The first-order valence-electron chi connectivity index (χ1n) is 5.53. The third-order valence-electron chi connectivity index (χ3n) is 2.67. The lowest BCUT2D eigenvalue weighted by molar-refractivity contribution is 0.403. The number of hydrogen-bond acceptors (Lipinski definition) is 4. The number of aromatic nitrogens is 2. The summed E-state index contributed by atoms with van der Waals surface area (Å²) < 4.78 is 27.9. The van der Waals surface area contributed by atoms with Crippen molar-refractivity contribution in [2.24, 2.45) is 7.05 Å². The van der Waals surface area contributed by atoms with Gasteiger partial charge in [-0.05, 0) is 0 Å². The van der Waals surface area contributed by atoms with E-state index in [0.29, 0.717) is 23.6 Å². The van der Waals surface area contributed by atoms with Gasteiger partial charge in [-0.2, -0.15) is 16.1 Å². The molecular formula is C10H17N3O2S2. The number of hydrogen-bond donors (Lipinski definition) is 0. The summed E-state index contributed by atoms with van der Waals surface area (Å²) >= 11 is 1.83. The van der Waals surface area contributed by atoms with Gasteiger partial charge in [0.15, 0.2) is 5.03 Å². The molecule has 0 bridgehead atoms. The van der Waals surface area contributed by atoms with Crippen molar-refractivity contribution in [2.45, 2.75) is 29.4 Å². The Bertz CT molecular complexity index is 487. The third-order valence-corrected chi connectivity index (χ3v) is 5.62. The maximum absolute atomic E-state index is 12.3. The molecule has 0 saturated carbocycles. The van der Waals surface area contributed by atoms with Crippen molar-refractivity contribution in [2.75, 3.05) is 13.1 Å². The van der Waals surface area contributed by atoms with Gasteiger partial charge in [0, 0.05) is 36.8 Å². The van der Waals surface area contributed by atoms with Gasteiger partial charge < -0.3 is 4.57 Å². The summed E-state index contributed by atoms with van der Waals surface area (Å²) in [6.07, 6.45) is 3.06. The fourth-order valence-corrected chi connectivity index (χ4v) is 5.08. The summed E-state index contributed by atoms with van der Waals surface area (Å²) in [5.41, 5.74) is 0. The molecule has 2 rings (SSSR count). The van der Waals surface area contributed by atoms with E-state index in [-0.39, 0.29) is 5.03 Å². The molecule has 2 heterocycles. The maximum Gasteiger partial charge on any atom is 0.262 e. The van der Waals surface area contributed by atoms with Crippen LogP contribution < -0.4 is 0 Å². The number of imidazole rings is 1. The summed E-state index contributed by atoms with van der Waals surface area (Å²) in [5.74, 6) is 0. The minimum absolute atomic E-state index is 0.145. The Morgan fingerprint density at radius 1 is 1.35 bits per heavy atom. The van der Waals surface area contributed by atoms with E-state index < -0.39 is 10.0 Å². The molecule has 5 nitrogen and oxygen atoms in total. The van der Waals surface area contributed by atoms with Crippen molar-refractivity contribution in [1.29, 1.82) is 0 Å². The average Bonchev–Trinajstić information content (AvgIpc) is 2.64. The molecule has 0 spiro atoms. The number of thioether (sulfide) groups is 1. The van der Waals surface area contributed by atoms with Crippen LogP contribution in [0.1, 0.15) is 13.8 Å². The molecule has 2 unspecified atom stereocenters. The average molecular weight is 275 g/mol. The minimum atomic E-state index is -3.42. The molecule has 0 N–H and O–H groups in total. The quantitative estimate of drug-likeness (QED) is 0.806. The van der Waals surface area contributed by atoms with Crippen LogP contribution >= 0.6 is 11.8 Å². The molecule has 2 atom stereocenters. The summed E-state index contributed by atoms with van der Waals surface area (Å²) in [6, 6.07) is 0. The fourth-order valence-electron chi connectivity index (χ4n) is 1.98. The van der Waals surface area contributed by atoms with Crippen LogP contribution in [0.5, 0.6) is 0 Å². The van der Waals surface area contributed by atoms with E-state index in [1.165, 1.54) is 6.33 Å². The van der Waals surface area contributed by atoms with Crippen LogP contribution in [-0.4, -0.2) is 45.9 Å². The van der Waals surface area contributed by atoms with Crippen LogP contribution in [0.3, 0.4) is 0 Å². The molecule has 96 valence electrons. The Kier molecular flexibility index (Phi) is 3.51. The molecule has 1 aliphatic heterocycles. The molecule has 0 aromatic carbocycles. The van der Waals surface area contributed by atoms with Crippen molar-refractivity contribution in [1.82, 2.24) is 13.9 Å². The van der Waals surface area contributed by atoms with Gasteiger partial charge in [-0.25, -0.2) is 13.4 Å². The van der Waals surface area contributed by atoms with E-state index >= 15 is 0 Å². The fraction of sp³-hybridized carbons (Fsp3) is 0.700. The van der Waals surface area contributed by atoms with Gasteiger partial charge in [0.25, 0.3) is 10.0 Å². The first-order valence-corrected chi connectivity index (χ1v) is 7.91. The van der Waals surface area contributed by atoms with E-state index in [1.54, 1.807) is 22.1 Å². The van der Waals surface area contributed by atoms with Crippen molar-refractivity contribution < 1.29 is 8.42 Å². The summed E-state index contributed by atoms with van der Waals surface area (Å²) in [5, 5.41) is 0.806. The van der Waals surface area contributed by atoms with Gasteiger partial charge in [0.2, 0.25) is 0 Å². The second-order valence-electron chi connectivity index (χ2n) is 4.46. The van der Waals surface area contributed by atoms with Gasteiger partial charge in [-0.15, -0.1) is 0 Å². The lowest BCUT2D eigenvalue weighted by atomic mass is 10.4. The van der Waals surface area contributed by atoms with E-state index in [9.17, 15) is 8.42 Å². The van der Waals surface area contributed by atoms with E-state index in [4.69, 9.17) is 0 Å². The normalized spacial score (nSPS) is 27.2. The molecule has 0 aliphatic carbocycles. The van der Waals surface area contributed by atoms with Crippen LogP contribution in [0, 0.1) is 0 Å². The number of nitrogens with zero attached hydrogens (tertiary/aromatic N) is 3. The highest BCUT2D eigenvalue weighted by Gasteiger charge is 2.33. The Morgan fingerprint density at radius 2 is 1.94 bits per heavy atom. The van der Waals surface area contributed by atoms with Crippen molar-refractivity contribution >= 4 is 21.8 Å². The molecule has 1 fully saturated rings. The van der Waals surface area contributed by atoms with E-state index in [1.807, 2.05) is 11.8 Å². The lowest BCUT2D eigenvalue weighted by Crippen LogP contribution is -2.44. The molecule has 0 radical (unpaired) electrons. The smallest absolute Gasteiger partial charge is 0.262 e.